The predicted molar refractivity (Wildman–Crippen MR) is 125 cm³/mol. The highest BCUT2D eigenvalue weighted by Crippen LogP contribution is 2.38. The van der Waals surface area contributed by atoms with Gasteiger partial charge in [-0.1, -0.05) is 26.8 Å². The van der Waals surface area contributed by atoms with Crippen LogP contribution in [0.3, 0.4) is 0 Å². The molecule has 0 aromatic heterocycles. The smallest absolute Gasteiger partial charge is 0.351 e. The van der Waals surface area contributed by atoms with Gasteiger partial charge in [-0.15, -0.1) is 6.58 Å². The number of esters is 1. The Morgan fingerprint density at radius 1 is 1.27 bits per heavy atom. The van der Waals surface area contributed by atoms with Crippen LogP contribution in [-0.4, -0.2) is 82.7 Å². The van der Waals surface area contributed by atoms with E-state index in [1.165, 1.54) is 6.92 Å². The molecule has 0 aromatic carbocycles. The highest BCUT2D eigenvalue weighted by Gasteiger charge is 2.52. The van der Waals surface area contributed by atoms with E-state index in [4.69, 9.17) is 9.47 Å². The number of ether oxygens (including phenoxy) is 2. The Labute approximate surface area is 198 Å². The molecule has 9 atom stereocenters. The van der Waals surface area contributed by atoms with Crippen molar-refractivity contribution in [3.63, 3.8) is 0 Å². The number of alkyl halides is 1. The predicted octanol–water partition coefficient (Wildman–Crippen LogP) is 2.92. The van der Waals surface area contributed by atoms with Crippen LogP contribution in [0.4, 0.5) is 4.39 Å². The molecule has 1 rings (SSSR count). The highest BCUT2D eigenvalue weighted by atomic mass is 19.1. The Morgan fingerprint density at radius 3 is 2.27 bits per heavy atom. The van der Waals surface area contributed by atoms with E-state index >= 15 is 4.39 Å². The summed E-state index contributed by atoms with van der Waals surface area (Å²) in [7, 11) is 3.37. The van der Waals surface area contributed by atoms with Gasteiger partial charge in [0.25, 0.3) is 5.67 Å². The summed E-state index contributed by atoms with van der Waals surface area (Å²) in [6, 6.07) is -0.524. The van der Waals surface area contributed by atoms with Gasteiger partial charge in [0.1, 0.15) is 17.8 Å². The summed E-state index contributed by atoms with van der Waals surface area (Å²) >= 11 is 0. The quantitative estimate of drug-likeness (QED) is 0.370. The molecule has 1 aliphatic heterocycles. The fourth-order valence-corrected chi connectivity index (χ4v) is 4.79. The summed E-state index contributed by atoms with van der Waals surface area (Å²) in [5.41, 5.74) is -5.60. The third kappa shape index (κ3) is 6.02. The molecular weight excluding hydrogens is 429 g/mol. The number of hydrogen-bond donors (Lipinski definition) is 2. The number of hydrogen-bond acceptors (Lipinski definition) is 7. The SMILES string of the molecule is C=C[C@H]1CN(C)[C@H](C)[C@@H](O)[C@](C)(O)[C@@H](CC)OC(=O)[C@@](C)(F)C(=O)[C@H](C)[C@@H](C)[C@](C)(OC)C1. The van der Waals surface area contributed by atoms with Crippen molar-refractivity contribution < 1.29 is 33.7 Å². The average molecular weight is 474 g/mol. The molecule has 0 aromatic rings. The second-order valence-corrected chi connectivity index (χ2v) is 10.3. The van der Waals surface area contributed by atoms with Crippen molar-refractivity contribution in [1.29, 1.82) is 0 Å². The molecule has 0 amide bonds. The largest absolute Gasteiger partial charge is 0.457 e. The molecule has 33 heavy (non-hydrogen) atoms. The van der Waals surface area contributed by atoms with E-state index in [0.29, 0.717) is 13.0 Å². The lowest BCUT2D eigenvalue weighted by Crippen LogP contribution is -2.59. The third-order valence-electron chi connectivity index (χ3n) is 7.99. The molecular formula is C25H44FNO6. The first kappa shape index (κ1) is 29.7. The van der Waals surface area contributed by atoms with E-state index in [-0.39, 0.29) is 12.3 Å². The minimum atomic E-state index is -2.92. The standard InChI is InChI=1S/C25H44FNO6/c1-11-18-13-23(6,32-10)16(4)15(3)20(28)24(7,26)22(30)33-19(12-2)25(8,31)21(29)17(5)27(9)14-18/h11,15-19,21,29,31H,1,12-14H2,2-10H3/t15-,16-,17-,18-,19-,21-,23-,24+,25-/m1/s1. The second kappa shape index (κ2) is 10.9. The number of halogens is 1. The van der Waals surface area contributed by atoms with Crippen molar-refractivity contribution in [3.8, 4) is 0 Å². The van der Waals surface area contributed by atoms with E-state index in [0.717, 1.165) is 6.92 Å². The topological polar surface area (TPSA) is 96.3 Å². The summed E-state index contributed by atoms with van der Waals surface area (Å²) in [5, 5.41) is 22.2. The molecule has 1 saturated heterocycles. The first-order valence-electron chi connectivity index (χ1n) is 11.7. The lowest BCUT2D eigenvalue weighted by Gasteiger charge is -2.42. The van der Waals surface area contributed by atoms with Crippen molar-refractivity contribution in [2.24, 2.45) is 17.8 Å². The highest BCUT2D eigenvalue weighted by molar-refractivity contribution is 6.07. The summed E-state index contributed by atoms with van der Waals surface area (Å²) in [6.45, 7) is 15.4. The number of carbonyl (C=O) groups excluding carboxylic acids is 2. The number of carbonyl (C=O) groups is 2. The van der Waals surface area contributed by atoms with Crippen molar-refractivity contribution >= 4 is 11.8 Å². The third-order valence-corrected chi connectivity index (χ3v) is 7.99. The van der Waals surface area contributed by atoms with Gasteiger partial charge in [0, 0.05) is 25.6 Å². The number of nitrogens with zero attached hydrogens (tertiary/aromatic N) is 1. The van der Waals surface area contributed by atoms with Crippen LogP contribution >= 0.6 is 0 Å². The van der Waals surface area contributed by atoms with Gasteiger partial charge >= 0.3 is 5.97 Å². The molecule has 0 bridgehead atoms. The first-order valence-corrected chi connectivity index (χ1v) is 11.7. The van der Waals surface area contributed by atoms with Gasteiger partial charge in [0.2, 0.25) is 0 Å². The van der Waals surface area contributed by atoms with Crippen molar-refractivity contribution in [1.82, 2.24) is 4.90 Å². The van der Waals surface area contributed by atoms with Gasteiger partial charge in [-0.25, -0.2) is 9.18 Å². The molecule has 7 nitrogen and oxygen atoms in total. The second-order valence-electron chi connectivity index (χ2n) is 10.3. The molecule has 0 saturated carbocycles. The lowest BCUT2D eigenvalue weighted by molar-refractivity contribution is -0.196. The zero-order chi connectivity index (χ0) is 25.9. The van der Waals surface area contributed by atoms with E-state index in [9.17, 15) is 19.8 Å². The maximum Gasteiger partial charge on any atom is 0.351 e. The van der Waals surface area contributed by atoms with Crippen LogP contribution in [0.25, 0.3) is 0 Å². The average Bonchev–Trinajstić information content (AvgIpc) is 2.77. The fourth-order valence-electron chi connectivity index (χ4n) is 4.79. The minimum Gasteiger partial charge on any atom is -0.457 e. The van der Waals surface area contributed by atoms with E-state index < -0.39 is 58.7 Å². The van der Waals surface area contributed by atoms with Gasteiger partial charge in [0.05, 0.1) is 5.60 Å². The van der Waals surface area contributed by atoms with Gasteiger partial charge in [-0.05, 0) is 59.4 Å². The van der Waals surface area contributed by atoms with E-state index in [2.05, 4.69) is 6.58 Å². The van der Waals surface area contributed by atoms with Crippen LogP contribution in [0.1, 0.15) is 61.3 Å². The van der Waals surface area contributed by atoms with Crippen LogP contribution < -0.4 is 0 Å². The minimum absolute atomic E-state index is 0.0777. The van der Waals surface area contributed by atoms with E-state index in [1.54, 1.807) is 40.9 Å². The maximum absolute atomic E-state index is 15.6. The van der Waals surface area contributed by atoms with Gasteiger partial charge in [-0.3, -0.25) is 4.79 Å². The molecule has 0 unspecified atom stereocenters. The monoisotopic (exact) mass is 473 g/mol. The summed E-state index contributed by atoms with van der Waals surface area (Å²) < 4.78 is 26.7. The number of aliphatic hydroxyl groups is 2. The number of likely N-dealkylation sites (N-methyl/N-ethyl adjacent to an activating group) is 1. The molecule has 0 aliphatic carbocycles. The Hall–Kier alpha value is -1.35. The molecule has 1 aliphatic rings. The van der Waals surface area contributed by atoms with Gasteiger partial charge in [-0.2, -0.15) is 0 Å². The number of rotatable bonds is 3. The summed E-state index contributed by atoms with van der Waals surface area (Å²) in [4.78, 5) is 27.8. The van der Waals surface area contributed by atoms with Crippen LogP contribution in [0.15, 0.2) is 12.7 Å². The number of ketones is 1. The Balaban J connectivity index is 3.59. The molecule has 2 N–H and O–H groups in total. The zero-order valence-corrected chi connectivity index (χ0v) is 21.7. The lowest BCUT2D eigenvalue weighted by atomic mass is 9.72. The number of Topliss-reactive ketones (excluding diaryl/α,β-unsaturated/α-hetero) is 1. The Bertz CT molecular complexity index is 711. The molecule has 0 spiro atoms. The maximum atomic E-state index is 15.6. The van der Waals surface area contributed by atoms with Crippen molar-refractivity contribution in [3.05, 3.63) is 12.7 Å². The summed E-state index contributed by atoms with van der Waals surface area (Å²) in [6.07, 6.45) is -0.122. The fraction of sp³-hybridized carbons (Fsp3) is 0.840. The van der Waals surface area contributed by atoms with E-state index in [1.807, 2.05) is 18.9 Å². The molecule has 1 fully saturated rings. The molecule has 192 valence electrons. The zero-order valence-electron chi connectivity index (χ0n) is 21.7. The molecule has 8 heteroatoms. The van der Waals surface area contributed by atoms with Crippen molar-refractivity contribution in [2.75, 3.05) is 20.7 Å². The van der Waals surface area contributed by atoms with Crippen LogP contribution in [-0.2, 0) is 19.1 Å². The Kier molecular flexibility index (Phi) is 9.83. The van der Waals surface area contributed by atoms with Crippen LogP contribution in [0.2, 0.25) is 0 Å². The first-order chi connectivity index (χ1) is 15.0. The van der Waals surface area contributed by atoms with Crippen molar-refractivity contribution in [2.45, 2.75) is 96.4 Å². The van der Waals surface area contributed by atoms with Crippen LogP contribution in [0.5, 0.6) is 0 Å². The normalized spacial score (nSPS) is 45.1. The molecule has 1 heterocycles. The molecule has 0 radical (unpaired) electrons. The number of cyclic esters (lactones) is 1. The number of methoxy groups -OCH3 is 1. The number of aliphatic hydroxyl groups excluding tert-OH is 1. The van der Waals surface area contributed by atoms with Gasteiger partial charge in [0.15, 0.2) is 5.78 Å². The summed E-state index contributed by atoms with van der Waals surface area (Å²) in [5.74, 6) is -3.63. The van der Waals surface area contributed by atoms with Gasteiger partial charge < -0.3 is 24.6 Å². The Morgan fingerprint density at radius 2 is 1.82 bits per heavy atom. The van der Waals surface area contributed by atoms with Crippen LogP contribution in [0, 0.1) is 17.8 Å².